The van der Waals surface area contributed by atoms with E-state index in [1.165, 1.54) is 16.0 Å². The number of hydrogen-bond donors (Lipinski definition) is 3. The summed E-state index contributed by atoms with van der Waals surface area (Å²) in [5, 5.41) is 14.5. The van der Waals surface area contributed by atoms with Gasteiger partial charge in [0.1, 0.15) is 29.5 Å². The second kappa shape index (κ2) is 16.3. The Hall–Kier alpha value is -6.04. The molecule has 1 saturated heterocycles. The number of alkyl carbamates (subject to hydrolysis) is 1. The van der Waals surface area contributed by atoms with Crippen molar-refractivity contribution in [2.75, 3.05) is 29.0 Å². The number of nitrogens with one attached hydrogen (secondary N) is 3. The monoisotopic (exact) mass is 990 g/mol. The Balaban J connectivity index is 1.14. The van der Waals surface area contributed by atoms with Crippen LogP contribution in [0.1, 0.15) is 87.1 Å². The van der Waals surface area contributed by atoms with Gasteiger partial charge >= 0.3 is 12.3 Å². The first kappa shape index (κ1) is 47.0. The van der Waals surface area contributed by atoms with Gasteiger partial charge in [0.2, 0.25) is 15.9 Å². The van der Waals surface area contributed by atoms with Crippen LogP contribution in [0.4, 0.5) is 46.5 Å². The number of thiazole rings is 1. The van der Waals surface area contributed by atoms with Crippen LogP contribution in [-0.2, 0) is 51.7 Å². The van der Waals surface area contributed by atoms with Gasteiger partial charge in [0.15, 0.2) is 22.3 Å². The van der Waals surface area contributed by atoms with E-state index in [1.807, 2.05) is 11.8 Å². The van der Waals surface area contributed by atoms with Gasteiger partial charge in [-0.25, -0.2) is 27.0 Å². The molecule has 3 N–H and O–H groups in total. The maximum Gasteiger partial charge on any atom is 0.435 e. The average molecular weight is 991 g/mol. The molecule has 0 bridgehead atoms. The van der Waals surface area contributed by atoms with Crippen LogP contribution < -0.4 is 20.3 Å². The quantitative estimate of drug-likeness (QED) is 0.107. The van der Waals surface area contributed by atoms with Crippen molar-refractivity contribution in [3.05, 3.63) is 82.3 Å². The maximum atomic E-state index is 15.6. The third-order valence-corrected chi connectivity index (χ3v) is 13.9. The number of para-hydroxylation sites is 1. The number of anilines is 2. The number of amides is 2. The molecule has 9 rings (SSSR count). The predicted octanol–water partition coefficient (Wildman–Crippen LogP) is 8.30. The lowest BCUT2D eigenvalue weighted by molar-refractivity contribution is -0.142. The Kier molecular flexibility index (Phi) is 11.3. The summed E-state index contributed by atoms with van der Waals surface area (Å²) in [5.41, 5.74) is -3.01. The number of fused-ring (bicyclic) bond motifs is 5. The summed E-state index contributed by atoms with van der Waals surface area (Å²) in [6.07, 6.45) is -4.15. The minimum atomic E-state index is -5.08. The second-order valence-electron chi connectivity index (χ2n) is 18.9. The van der Waals surface area contributed by atoms with E-state index in [9.17, 15) is 40.0 Å². The summed E-state index contributed by atoms with van der Waals surface area (Å²) in [7, 11) is -2.24. The number of pyridine rings is 1. The van der Waals surface area contributed by atoms with Crippen LogP contribution in [0.3, 0.4) is 0 Å². The number of hydrogen-bond acceptors (Lipinski definition) is 11. The number of aromatic nitrogens is 6. The number of carbonyl (C=O) groups excluding carboxylic acids is 2. The van der Waals surface area contributed by atoms with Gasteiger partial charge in [-0.05, 0) is 89.1 Å². The first-order valence-electron chi connectivity index (χ1n) is 21.5. The molecule has 2 amide bonds. The molecule has 1 saturated carbocycles. The van der Waals surface area contributed by atoms with Crippen LogP contribution in [0.25, 0.3) is 32.4 Å². The molecule has 4 aromatic heterocycles. The molecule has 2 aliphatic carbocycles. The maximum absolute atomic E-state index is 15.6. The van der Waals surface area contributed by atoms with E-state index >= 15 is 8.78 Å². The SMILES string of the molecule is Cn1nc(NS(C)(=O)=O)c2cccc(-c3cc4sc(N5CCC(C)(NC(=O)OC(C)(C)C)CC5)nc4nc3C(Cc3cc(F)cc(F)c3)NC(=O)Cn3nc(C(F)(F)F)c4c3C(F)(F)[C@@H]3C[C@H]43)c21. The van der Waals surface area contributed by atoms with E-state index < -0.39 is 98.3 Å². The van der Waals surface area contributed by atoms with E-state index in [2.05, 4.69) is 25.6 Å². The van der Waals surface area contributed by atoms with E-state index in [4.69, 9.17) is 14.7 Å². The Labute approximate surface area is 388 Å². The number of piperidine rings is 1. The molecule has 15 nitrogen and oxygen atoms in total. The molecule has 1 unspecified atom stereocenters. The largest absolute Gasteiger partial charge is 0.444 e. The van der Waals surface area contributed by atoms with Crippen LogP contribution in [0.15, 0.2) is 42.5 Å². The summed E-state index contributed by atoms with van der Waals surface area (Å²) in [6.45, 7) is 7.08. The van der Waals surface area contributed by atoms with E-state index in [0.29, 0.717) is 68.5 Å². The van der Waals surface area contributed by atoms with Gasteiger partial charge in [0.25, 0.3) is 5.92 Å². The third kappa shape index (κ3) is 9.15. The topological polar surface area (TPSA) is 178 Å². The van der Waals surface area contributed by atoms with Crippen LogP contribution in [0.2, 0.25) is 0 Å². The first-order chi connectivity index (χ1) is 31.7. The molecule has 0 spiro atoms. The van der Waals surface area contributed by atoms with Crippen molar-refractivity contribution in [1.29, 1.82) is 0 Å². The lowest BCUT2D eigenvalue weighted by Crippen LogP contribution is -2.54. The van der Waals surface area contributed by atoms with Crippen molar-refractivity contribution >= 4 is 65.6 Å². The van der Waals surface area contributed by atoms with Gasteiger partial charge in [-0.2, -0.15) is 37.1 Å². The van der Waals surface area contributed by atoms with Crippen LogP contribution >= 0.6 is 11.3 Å². The fourth-order valence-electron chi connectivity index (χ4n) is 9.30. The van der Waals surface area contributed by atoms with Crippen molar-refractivity contribution in [3.8, 4) is 11.1 Å². The first-order valence-corrected chi connectivity index (χ1v) is 24.2. The number of benzene rings is 2. The molecule has 3 aliphatic rings. The van der Waals surface area contributed by atoms with Crippen molar-refractivity contribution in [1.82, 2.24) is 40.2 Å². The zero-order valence-electron chi connectivity index (χ0n) is 37.4. The van der Waals surface area contributed by atoms with E-state index in [-0.39, 0.29) is 35.6 Å². The molecular formula is C44H45F7N10O5S2. The summed E-state index contributed by atoms with van der Waals surface area (Å²) in [5.74, 6) is -9.06. The smallest absolute Gasteiger partial charge is 0.435 e. The number of rotatable bonds is 11. The minimum Gasteiger partial charge on any atom is -0.444 e. The number of alkyl halides is 5. The highest BCUT2D eigenvalue weighted by Crippen LogP contribution is 2.68. The molecule has 2 fully saturated rings. The predicted molar refractivity (Wildman–Crippen MR) is 238 cm³/mol. The minimum absolute atomic E-state index is 0.000258. The van der Waals surface area contributed by atoms with Gasteiger partial charge in [0, 0.05) is 59.7 Å². The fourth-order valence-corrected chi connectivity index (χ4v) is 10.8. The Morgan fingerprint density at radius 2 is 1.69 bits per heavy atom. The highest BCUT2D eigenvalue weighted by molar-refractivity contribution is 7.92. The standard InChI is InChI=1S/C44H45F7N10O5S2/c1-41(2,3)66-40(63)55-42(4)10-12-60(13-11-42)39-54-38-30(67-39)19-26(24-8-7-9-25-34(24)59(5)57-37(25)58-68(6,64)65)33(53-38)29(16-21-14-22(45)17-23(46)15-21)52-31(62)20-61-36-32(35(56-61)44(49,50)51)27-18-28(27)43(36,47)48/h7-9,14-15,17,19,27-29H,10-13,16,18,20H2,1-6H3,(H,52,62)(H,55,63)(H,57,58)/t27-,28+,29?/m0/s1. The number of sulfonamides is 1. The van der Waals surface area contributed by atoms with Gasteiger partial charge in [0.05, 0.1) is 28.2 Å². The van der Waals surface area contributed by atoms with Crippen LogP contribution in [0.5, 0.6) is 0 Å². The summed E-state index contributed by atoms with van der Waals surface area (Å²) in [6, 6.07) is 8.01. The molecule has 6 aromatic rings. The van der Waals surface area contributed by atoms with Gasteiger partial charge in [-0.1, -0.05) is 23.5 Å². The molecule has 0 radical (unpaired) electrons. The Bertz CT molecular complexity index is 3120. The molecule has 3 atom stereocenters. The molecular weight excluding hydrogens is 946 g/mol. The molecule has 5 heterocycles. The number of nitrogens with zero attached hydrogens (tertiary/aromatic N) is 7. The fraction of sp³-hybridized carbons (Fsp3) is 0.455. The highest BCUT2D eigenvalue weighted by atomic mass is 32.2. The van der Waals surface area contributed by atoms with Crippen molar-refractivity contribution in [3.63, 3.8) is 0 Å². The summed E-state index contributed by atoms with van der Waals surface area (Å²) < 4.78 is 138. The normalized spacial score (nSPS) is 19.2. The Morgan fingerprint density at radius 3 is 2.34 bits per heavy atom. The lowest BCUT2D eigenvalue weighted by Gasteiger charge is -2.40. The zero-order chi connectivity index (χ0) is 49.0. The number of aryl methyl sites for hydroxylation is 1. The Morgan fingerprint density at radius 1 is 1.00 bits per heavy atom. The molecule has 2 aromatic carbocycles. The second-order valence-corrected chi connectivity index (χ2v) is 21.7. The third-order valence-electron chi connectivity index (χ3n) is 12.3. The molecule has 68 heavy (non-hydrogen) atoms. The zero-order valence-corrected chi connectivity index (χ0v) is 39.0. The molecule has 362 valence electrons. The van der Waals surface area contributed by atoms with Gasteiger partial charge in [-0.15, -0.1) is 0 Å². The van der Waals surface area contributed by atoms with Crippen molar-refractivity contribution in [2.24, 2.45) is 13.0 Å². The average Bonchev–Trinajstić information content (AvgIpc) is 3.47. The van der Waals surface area contributed by atoms with Crippen LogP contribution in [0, 0.1) is 17.6 Å². The number of halogens is 7. The number of carbonyl (C=O) groups is 2. The van der Waals surface area contributed by atoms with Crippen molar-refractivity contribution < 1.29 is 53.5 Å². The summed E-state index contributed by atoms with van der Waals surface area (Å²) >= 11 is 1.29. The van der Waals surface area contributed by atoms with E-state index in [1.54, 1.807) is 52.1 Å². The van der Waals surface area contributed by atoms with Gasteiger partial charge < -0.3 is 20.3 Å². The van der Waals surface area contributed by atoms with Crippen molar-refractivity contribution in [2.45, 2.75) is 95.1 Å². The molecule has 1 aliphatic heterocycles. The van der Waals surface area contributed by atoms with Crippen LogP contribution in [-0.4, -0.2) is 80.4 Å². The van der Waals surface area contributed by atoms with E-state index in [0.717, 1.165) is 18.4 Å². The molecule has 24 heteroatoms. The number of ether oxygens (including phenoxy) is 1. The highest BCUT2D eigenvalue weighted by Gasteiger charge is 2.68. The van der Waals surface area contributed by atoms with Gasteiger partial charge in [-0.3, -0.25) is 18.9 Å². The lowest BCUT2D eigenvalue weighted by atomic mass is 9.90. The summed E-state index contributed by atoms with van der Waals surface area (Å²) in [4.78, 5) is 38.7.